The second-order valence-electron chi connectivity index (χ2n) is 3.29. The summed E-state index contributed by atoms with van der Waals surface area (Å²) < 4.78 is 6.26. The number of hydrogen-bond donors (Lipinski definition) is 1. The van der Waals surface area contributed by atoms with Crippen molar-refractivity contribution in [2.24, 2.45) is 0 Å². The van der Waals surface area contributed by atoms with Gasteiger partial charge in [0.15, 0.2) is 0 Å². The van der Waals surface area contributed by atoms with Crippen molar-refractivity contribution in [3.63, 3.8) is 0 Å². The van der Waals surface area contributed by atoms with Crippen molar-refractivity contribution in [2.75, 3.05) is 5.73 Å². The van der Waals surface area contributed by atoms with E-state index in [0.29, 0.717) is 17.5 Å². The fraction of sp³-hybridized carbons (Fsp3) is 0.200. The van der Waals surface area contributed by atoms with Crippen molar-refractivity contribution in [1.29, 1.82) is 0 Å². The van der Waals surface area contributed by atoms with Gasteiger partial charge in [-0.15, -0.1) is 10.2 Å². The van der Waals surface area contributed by atoms with Crippen molar-refractivity contribution < 1.29 is 4.42 Å². The number of nitrogen functional groups attached to an aromatic ring is 1. The lowest BCUT2D eigenvalue weighted by atomic mass is 10.1. The number of nitrogens with zero attached hydrogens (tertiary/aromatic N) is 2. The van der Waals surface area contributed by atoms with E-state index in [9.17, 15) is 0 Å². The smallest absolute Gasteiger partial charge is 0.248 e. The van der Waals surface area contributed by atoms with Crippen LogP contribution in [0.5, 0.6) is 0 Å². The van der Waals surface area contributed by atoms with Gasteiger partial charge in [0.1, 0.15) is 0 Å². The molecule has 0 aliphatic carbocycles. The maximum absolute atomic E-state index is 5.85. The van der Waals surface area contributed by atoms with Crippen LogP contribution in [0.4, 0.5) is 5.69 Å². The van der Waals surface area contributed by atoms with Gasteiger partial charge in [0.25, 0.3) is 0 Å². The van der Waals surface area contributed by atoms with Gasteiger partial charge in [-0.2, -0.15) is 0 Å². The van der Waals surface area contributed by atoms with E-state index >= 15 is 0 Å². The Morgan fingerprint density at radius 2 is 2.00 bits per heavy atom. The highest BCUT2D eigenvalue weighted by Gasteiger charge is 2.11. The van der Waals surface area contributed by atoms with E-state index in [0.717, 1.165) is 15.6 Å². The SMILES string of the molecule is Cc1nnc(-c2cc(Br)cc(N)c2C)o1. The number of nitrogens with two attached hydrogens (primary N) is 1. The average Bonchev–Trinajstić information content (AvgIpc) is 2.58. The third kappa shape index (κ3) is 1.87. The number of halogens is 1. The summed E-state index contributed by atoms with van der Waals surface area (Å²) >= 11 is 3.38. The molecule has 5 heteroatoms. The monoisotopic (exact) mass is 267 g/mol. The van der Waals surface area contributed by atoms with Gasteiger partial charge in [-0.25, -0.2) is 0 Å². The zero-order chi connectivity index (χ0) is 11.0. The van der Waals surface area contributed by atoms with Crippen molar-refractivity contribution in [1.82, 2.24) is 10.2 Å². The van der Waals surface area contributed by atoms with Crippen LogP contribution in [0, 0.1) is 13.8 Å². The molecule has 1 aromatic carbocycles. The van der Waals surface area contributed by atoms with Crippen LogP contribution in [-0.2, 0) is 0 Å². The summed E-state index contributed by atoms with van der Waals surface area (Å²) in [6, 6.07) is 3.76. The molecule has 0 radical (unpaired) electrons. The lowest BCUT2D eigenvalue weighted by Crippen LogP contribution is -1.93. The molecule has 0 bridgehead atoms. The van der Waals surface area contributed by atoms with Gasteiger partial charge < -0.3 is 10.2 Å². The van der Waals surface area contributed by atoms with E-state index in [1.165, 1.54) is 0 Å². The number of benzene rings is 1. The normalized spacial score (nSPS) is 10.6. The van der Waals surface area contributed by atoms with Crippen molar-refractivity contribution >= 4 is 21.6 Å². The maximum Gasteiger partial charge on any atom is 0.248 e. The Hall–Kier alpha value is -1.36. The summed E-state index contributed by atoms with van der Waals surface area (Å²) in [7, 11) is 0. The van der Waals surface area contributed by atoms with Crippen LogP contribution in [0.25, 0.3) is 11.5 Å². The third-order valence-electron chi connectivity index (χ3n) is 2.17. The van der Waals surface area contributed by atoms with Crippen LogP contribution in [-0.4, -0.2) is 10.2 Å². The van der Waals surface area contributed by atoms with Gasteiger partial charge in [0.2, 0.25) is 11.8 Å². The molecule has 0 saturated heterocycles. The molecule has 1 aromatic heterocycles. The molecule has 2 rings (SSSR count). The Labute approximate surface area is 95.6 Å². The summed E-state index contributed by atoms with van der Waals surface area (Å²) in [6.45, 7) is 3.68. The van der Waals surface area contributed by atoms with Gasteiger partial charge in [-0.1, -0.05) is 15.9 Å². The Kier molecular flexibility index (Phi) is 2.48. The zero-order valence-electron chi connectivity index (χ0n) is 8.41. The molecule has 0 fully saturated rings. The van der Waals surface area contributed by atoms with Crippen LogP contribution in [0.3, 0.4) is 0 Å². The predicted molar refractivity (Wildman–Crippen MR) is 61.3 cm³/mol. The largest absolute Gasteiger partial charge is 0.421 e. The lowest BCUT2D eigenvalue weighted by Gasteiger charge is -2.05. The van der Waals surface area contributed by atoms with E-state index in [4.69, 9.17) is 10.2 Å². The van der Waals surface area contributed by atoms with Crippen molar-refractivity contribution in [2.45, 2.75) is 13.8 Å². The summed E-state index contributed by atoms with van der Waals surface area (Å²) in [5, 5.41) is 7.76. The van der Waals surface area contributed by atoms with E-state index in [-0.39, 0.29) is 0 Å². The van der Waals surface area contributed by atoms with E-state index < -0.39 is 0 Å². The molecule has 15 heavy (non-hydrogen) atoms. The highest BCUT2D eigenvalue weighted by atomic mass is 79.9. The second kappa shape index (κ2) is 3.66. The number of anilines is 1. The molecule has 0 aliphatic rings. The van der Waals surface area contributed by atoms with Gasteiger partial charge in [0, 0.05) is 22.6 Å². The lowest BCUT2D eigenvalue weighted by molar-refractivity contribution is 0.532. The first-order chi connectivity index (χ1) is 7.08. The number of aromatic nitrogens is 2. The van der Waals surface area contributed by atoms with Crippen LogP contribution in [0.2, 0.25) is 0 Å². The molecular weight excluding hydrogens is 258 g/mol. The molecular formula is C10H10BrN3O. The van der Waals surface area contributed by atoms with Crippen molar-refractivity contribution in [3.05, 3.63) is 28.1 Å². The number of rotatable bonds is 1. The minimum absolute atomic E-state index is 0.498. The molecule has 0 aliphatic heterocycles. The fourth-order valence-electron chi connectivity index (χ4n) is 1.33. The Morgan fingerprint density at radius 1 is 1.27 bits per heavy atom. The Bertz CT molecular complexity index is 507. The van der Waals surface area contributed by atoms with Gasteiger partial charge in [-0.05, 0) is 24.6 Å². The fourth-order valence-corrected chi connectivity index (χ4v) is 1.80. The number of hydrogen-bond acceptors (Lipinski definition) is 4. The standard InChI is InChI=1S/C10H10BrN3O/c1-5-8(3-7(11)4-9(5)12)10-14-13-6(2)15-10/h3-4H,12H2,1-2H3. The highest BCUT2D eigenvalue weighted by Crippen LogP contribution is 2.29. The Balaban J connectivity index is 2.62. The quantitative estimate of drug-likeness (QED) is 0.807. The second-order valence-corrected chi connectivity index (χ2v) is 4.21. The average molecular weight is 268 g/mol. The van der Waals surface area contributed by atoms with Crippen LogP contribution < -0.4 is 5.73 Å². The highest BCUT2D eigenvalue weighted by molar-refractivity contribution is 9.10. The number of aryl methyl sites for hydroxylation is 1. The molecule has 2 N–H and O–H groups in total. The van der Waals surface area contributed by atoms with E-state index in [1.54, 1.807) is 6.92 Å². The summed E-state index contributed by atoms with van der Waals surface area (Å²) in [4.78, 5) is 0. The first-order valence-electron chi connectivity index (χ1n) is 4.44. The summed E-state index contributed by atoms with van der Waals surface area (Å²) in [5.74, 6) is 1.04. The minimum atomic E-state index is 0.498. The molecule has 0 spiro atoms. The zero-order valence-corrected chi connectivity index (χ0v) is 10.00. The van der Waals surface area contributed by atoms with E-state index in [2.05, 4.69) is 26.1 Å². The predicted octanol–water partition coefficient (Wildman–Crippen LogP) is 2.70. The van der Waals surface area contributed by atoms with Crippen LogP contribution in [0.15, 0.2) is 21.0 Å². The molecule has 78 valence electrons. The van der Waals surface area contributed by atoms with Gasteiger partial charge in [0.05, 0.1) is 0 Å². The molecule has 0 atom stereocenters. The molecule has 0 unspecified atom stereocenters. The Morgan fingerprint density at radius 3 is 2.60 bits per heavy atom. The van der Waals surface area contributed by atoms with Crippen LogP contribution in [0.1, 0.15) is 11.5 Å². The first-order valence-corrected chi connectivity index (χ1v) is 5.23. The first kappa shape index (κ1) is 10.2. The summed E-state index contributed by atoms with van der Waals surface area (Å²) in [5.41, 5.74) is 8.36. The maximum atomic E-state index is 5.85. The van der Waals surface area contributed by atoms with E-state index in [1.807, 2.05) is 19.1 Å². The van der Waals surface area contributed by atoms with Crippen LogP contribution >= 0.6 is 15.9 Å². The minimum Gasteiger partial charge on any atom is -0.421 e. The third-order valence-corrected chi connectivity index (χ3v) is 2.63. The molecule has 2 aromatic rings. The van der Waals surface area contributed by atoms with Crippen molar-refractivity contribution in [3.8, 4) is 11.5 Å². The van der Waals surface area contributed by atoms with Gasteiger partial charge in [-0.3, -0.25) is 0 Å². The van der Waals surface area contributed by atoms with Gasteiger partial charge >= 0.3 is 0 Å². The molecule has 0 saturated carbocycles. The molecule has 4 nitrogen and oxygen atoms in total. The topological polar surface area (TPSA) is 64.9 Å². The molecule has 1 heterocycles. The molecule has 0 amide bonds. The summed E-state index contributed by atoms with van der Waals surface area (Å²) in [6.07, 6.45) is 0.